The molecule has 0 bridgehead atoms. The van der Waals surface area contributed by atoms with Crippen LogP contribution >= 0.6 is 11.6 Å². The predicted molar refractivity (Wildman–Crippen MR) is 136 cm³/mol. The summed E-state index contributed by atoms with van der Waals surface area (Å²) >= 11 is 5.93. The molecule has 192 valence electrons. The minimum absolute atomic E-state index is 0.00762. The number of carbonyl (C=O) groups is 1. The van der Waals surface area contributed by atoms with Crippen LogP contribution in [-0.2, 0) is 0 Å². The van der Waals surface area contributed by atoms with Crippen LogP contribution in [0, 0.1) is 19.7 Å². The number of anilines is 2. The number of carbonyl (C=O) groups excluding carboxylic acids is 1. The zero-order valence-electron chi connectivity index (χ0n) is 20.5. The third kappa shape index (κ3) is 4.89. The fraction of sp³-hybridized carbons (Fsp3) is 0.308. The van der Waals surface area contributed by atoms with E-state index in [1.165, 1.54) is 12.4 Å². The average Bonchev–Trinajstić information content (AvgIpc) is 3.24. The van der Waals surface area contributed by atoms with Crippen molar-refractivity contribution in [3.05, 3.63) is 64.5 Å². The number of aryl methyl sites for hydroxylation is 2. The molecule has 1 fully saturated rings. The zero-order chi connectivity index (χ0) is 26.1. The molecule has 0 atom stereocenters. The van der Waals surface area contributed by atoms with Crippen molar-refractivity contribution in [1.82, 2.24) is 20.0 Å². The van der Waals surface area contributed by atoms with Gasteiger partial charge >= 0.3 is 0 Å². The van der Waals surface area contributed by atoms with Crippen molar-refractivity contribution in [2.24, 2.45) is 0 Å². The maximum atomic E-state index is 14.5. The first-order valence-electron chi connectivity index (χ1n) is 11.8. The molecule has 0 unspecified atom stereocenters. The minimum Gasteiger partial charge on any atom is -0.493 e. The molecule has 2 aromatic carbocycles. The summed E-state index contributed by atoms with van der Waals surface area (Å²) in [6.45, 7) is 4.57. The highest BCUT2D eigenvalue weighted by Gasteiger charge is 2.29. The molecule has 0 spiro atoms. The Bertz CT molecular complexity index is 1450. The predicted octanol–water partition coefficient (Wildman–Crippen LogP) is 5.46. The van der Waals surface area contributed by atoms with Gasteiger partial charge in [0.25, 0.3) is 5.91 Å². The minimum atomic E-state index is -0.571. The maximum absolute atomic E-state index is 14.5. The molecule has 0 radical (unpaired) electrons. The van der Waals surface area contributed by atoms with E-state index in [1.807, 2.05) is 0 Å². The molecule has 9 nitrogen and oxygen atoms in total. The zero-order valence-corrected chi connectivity index (χ0v) is 21.3. The van der Waals surface area contributed by atoms with Crippen LogP contribution in [0.2, 0.25) is 5.02 Å². The van der Waals surface area contributed by atoms with Gasteiger partial charge in [-0.25, -0.2) is 14.4 Å². The molecule has 1 N–H and O–H groups in total. The molecule has 1 aliphatic rings. The molecule has 3 heterocycles. The molecule has 37 heavy (non-hydrogen) atoms. The number of amides is 1. The lowest BCUT2D eigenvalue weighted by Gasteiger charge is -2.32. The van der Waals surface area contributed by atoms with Gasteiger partial charge in [0.2, 0.25) is 0 Å². The molecule has 0 saturated carbocycles. The molecular weight excluding hydrogens is 501 g/mol. The quantitative estimate of drug-likeness (QED) is 0.354. The van der Waals surface area contributed by atoms with Crippen molar-refractivity contribution < 1.29 is 23.2 Å². The van der Waals surface area contributed by atoms with E-state index in [1.54, 1.807) is 50.1 Å². The number of methoxy groups -OCH3 is 1. The average molecular weight is 526 g/mol. The van der Waals surface area contributed by atoms with Crippen LogP contribution in [-0.4, -0.2) is 52.2 Å². The number of piperidine rings is 1. The molecule has 1 aliphatic heterocycles. The number of aromatic nitrogens is 3. The number of nitrogens with one attached hydrogen (secondary N) is 1. The number of rotatable bonds is 6. The van der Waals surface area contributed by atoms with Crippen LogP contribution < -0.4 is 14.8 Å². The lowest BCUT2D eigenvalue weighted by atomic mass is 10.1. The van der Waals surface area contributed by atoms with E-state index in [2.05, 4.69) is 20.4 Å². The third-order valence-electron chi connectivity index (χ3n) is 6.40. The largest absolute Gasteiger partial charge is 0.493 e. The normalized spacial score (nSPS) is 14.1. The van der Waals surface area contributed by atoms with Crippen molar-refractivity contribution >= 4 is 39.9 Å². The summed E-state index contributed by atoms with van der Waals surface area (Å²) < 4.78 is 31.5. The Morgan fingerprint density at radius 3 is 2.68 bits per heavy atom. The molecule has 5 rings (SSSR count). The summed E-state index contributed by atoms with van der Waals surface area (Å²) in [5.41, 5.74) is 1.91. The number of likely N-dealkylation sites (tertiary alicyclic amines) is 1. The van der Waals surface area contributed by atoms with Crippen molar-refractivity contribution in [3.63, 3.8) is 0 Å². The number of nitrogens with zero attached hydrogens (tertiary/aromatic N) is 4. The van der Waals surface area contributed by atoms with Crippen molar-refractivity contribution in [2.45, 2.75) is 32.8 Å². The van der Waals surface area contributed by atoms with Crippen LogP contribution in [0.4, 0.5) is 15.9 Å². The van der Waals surface area contributed by atoms with E-state index >= 15 is 0 Å². The fourth-order valence-electron chi connectivity index (χ4n) is 4.45. The van der Waals surface area contributed by atoms with Gasteiger partial charge in [0.15, 0.2) is 17.3 Å². The number of benzene rings is 2. The van der Waals surface area contributed by atoms with Gasteiger partial charge in [-0.3, -0.25) is 4.79 Å². The fourth-order valence-corrected chi connectivity index (χ4v) is 4.62. The summed E-state index contributed by atoms with van der Waals surface area (Å²) in [6, 6.07) is 8.23. The number of fused-ring (bicyclic) bond motifs is 1. The van der Waals surface area contributed by atoms with Gasteiger partial charge in [-0.05, 0) is 32.0 Å². The number of hydrogen-bond acceptors (Lipinski definition) is 8. The molecule has 1 saturated heterocycles. The lowest BCUT2D eigenvalue weighted by molar-refractivity contribution is 0.0589. The molecule has 2 aromatic heterocycles. The Morgan fingerprint density at radius 1 is 1.19 bits per heavy atom. The van der Waals surface area contributed by atoms with Crippen molar-refractivity contribution in [1.29, 1.82) is 0 Å². The Labute approximate surface area is 217 Å². The first-order valence-corrected chi connectivity index (χ1v) is 12.2. The first kappa shape index (κ1) is 24.8. The Morgan fingerprint density at radius 2 is 1.97 bits per heavy atom. The molecular formula is C26H25ClFN5O4. The Hall–Kier alpha value is -3.92. The van der Waals surface area contributed by atoms with E-state index in [0.717, 1.165) is 0 Å². The Kier molecular flexibility index (Phi) is 6.84. The standard InChI is InChI=1S/C26H25ClFN5O4/c1-14-23(15(2)37-32-14)26(34)33-9-7-16(8-10-33)36-22-11-17-20(12-21(22)35-3)29-13-30-25(17)31-19-6-4-5-18(27)24(19)28/h4-6,11-13,16H,7-10H2,1-3H3,(H,29,30,31). The summed E-state index contributed by atoms with van der Waals surface area (Å²) in [5, 5.41) is 7.52. The van der Waals surface area contributed by atoms with Gasteiger partial charge in [-0.15, -0.1) is 0 Å². The summed E-state index contributed by atoms with van der Waals surface area (Å²) in [5.74, 6) is 1.29. The van der Waals surface area contributed by atoms with Crippen molar-refractivity contribution in [3.8, 4) is 11.5 Å². The second-order valence-corrected chi connectivity index (χ2v) is 9.18. The molecule has 11 heteroatoms. The van der Waals surface area contributed by atoms with Gasteiger partial charge < -0.3 is 24.2 Å². The van der Waals surface area contributed by atoms with Gasteiger partial charge in [0.1, 0.15) is 29.6 Å². The smallest absolute Gasteiger partial charge is 0.259 e. The van der Waals surface area contributed by atoms with E-state index in [4.69, 9.17) is 25.6 Å². The first-order chi connectivity index (χ1) is 17.9. The topological polar surface area (TPSA) is 103 Å². The van der Waals surface area contributed by atoms with Crippen LogP contribution in [0.25, 0.3) is 10.9 Å². The van der Waals surface area contributed by atoms with E-state index in [0.29, 0.717) is 71.2 Å². The molecule has 1 amide bonds. The highest BCUT2D eigenvalue weighted by molar-refractivity contribution is 6.31. The monoisotopic (exact) mass is 525 g/mol. The maximum Gasteiger partial charge on any atom is 0.259 e. The van der Waals surface area contributed by atoms with E-state index in [9.17, 15) is 9.18 Å². The number of hydrogen-bond donors (Lipinski definition) is 1. The van der Waals surface area contributed by atoms with Crippen LogP contribution in [0.1, 0.15) is 34.7 Å². The van der Waals surface area contributed by atoms with E-state index < -0.39 is 5.82 Å². The molecule has 4 aromatic rings. The molecule has 0 aliphatic carbocycles. The Balaban J connectivity index is 1.35. The third-order valence-corrected chi connectivity index (χ3v) is 6.69. The number of halogens is 2. The highest BCUT2D eigenvalue weighted by atomic mass is 35.5. The van der Waals surface area contributed by atoms with Gasteiger partial charge in [0, 0.05) is 37.4 Å². The van der Waals surface area contributed by atoms with Gasteiger partial charge in [0.05, 0.1) is 29.0 Å². The highest BCUT2D eigenvalue weighted by Crippen LogP contribution is 2.37. The van der Waals surface area contributed by atoms with Gasteiger partial charge in [-0.1, -0.05) is 22.8 Å². The lowest BCUT2D eigenvalue weighted by Crippen LogP contribution is -2.42. The SMILES string of the molecule is COc1cc2ncnc(Nc3cccc(Cl)c3F)c2cc1OC1CCN(C(=O)c2c(C)noc2C)CC1. The summed E-state index contributed by atoms with van der Waals surface area (Å²) in [6.07, 6.45) is 2.53. The van der Waals surface area contributed by atoms with Crippen molar-refractivity contribution in [2.75, 3.05) is 25.5 Å². The van der Waals surface area contributed by atoms with Crippen LogP contribution in [0.3, 0.4) is 0 Å². The number of ether oxygens (including phenoxy) is 2. The van der Waals surface area contributed by atoms with Gasteiger partial charge in [-0.2, -0.15) is 0 Å². The summed E-state index contributed by atoms with van der Waals surface area (Å²) in [4.78, 5) is 23.4. The second-order valence-electron chi connectivity index (χ2n) is 8.78. The van der Waals surface area contributed by atoms with Crippen LogP contribution in [0.5, 0.6) is 11.5 Å². The van der Waals surface area contributed by atoms with E-state index in [-0.39, 0.29) is 22.7 Å². The second kappa shape index (κ2) is 10.2. The van der Waals surface area contributed by atoms with Crippen LogP contribution in [0.15, 0.2) is 41.2 Å². The summed E-state index contributed by atoms with van der Waals surface area (Å²) in [7, 11) is 1.56.